The maximum absolute atomic E-state index is 11.2. The number of ether oxygens (including phenoxy) is 3. The second-order valence-electron chi connectivity index (χ2n) is 4.58. The molecular formula is C15H14N4O4. The highest BCUT2D eigenvalue weighted by Crippen LogP contribution is 2.22. The molecule has 0 unspecified atom stereocenters. The van der Waals surface area contributed by atoms with Crippen molar-refractivity contribution in [1.82, 2.24) is 19.6 Å². The van der Waals surface area contributed by atoms with Gasteiger partial charge in [0, 0.05) is 17.8 Å². The molecule has 8 nitrogen and oxygen atoms in total. The molecule has 0 aliphatic carbocycles. The number of hydrogen-bond donors (Lipinski definition) is 0. The van der Waals surface area contributed by atoms with E-state index in [-0.39, 0.29) is 6.61 Å². The lowest BCUT2D eigenvalue weighted by atomic mass is 10.2. The summed E-state index contributed by atoms with van der Waals surface area (Å²) >= 11 is 0. The zero-order valence-electron chi connectivity index (χ0n) is 12.6. The van der Waals surface area contributed by atoms with E-state index in [0.29, 0.717) is 35.1 Å². The van der Waals surface area contributed by atoms with Gasteiger partial charge in [0.2, 0.25) is 5.88 Å². The normalized spacial score (nSPS) is 10.5. The van der Waals surface area contributed by atoms with Crippen LogP contribution in [0.5, 0.6) is 17.6 Å². The molecule has 3 aromatic rings. The molecule has 0 aliphatic rings. The van der Waals surface area contributed by atoms with Crippen molar-refractivity contribution < 1.29 is 19.0 Å². The minimum Gasteiger partial charge on any atom is -0.486 e. The molecule has 0 saturated heterocycles. The fraction of sp³-hybridized carbons (Fsp3) is 0.200. The van der Waals surface area contributed by atoms with E-state index >= 15 is 0 Å². The van der Waals surface area contributed by atoms with Gasteiger partial charge < -0.3 is 14.2 Å². The Balaban J connectivity index is 1.86. The highest BCUT2D eigenvalue weighted by Gasteiger charge is 2.11. The van der Waals surface area contributed by atoms with E-state index in [1.807, 2.05) is 12.1 Å². The minimum atomic E-state index is 0.209. The second-order valence-corrected chi connectivity index (χ2v) is 4.58. The molecule has 3 rings (SSSR count). The van der Waals surface area contributed by atoms with E-state index in [9.17, 15) is 4.79 Å². The van der Waals surface area contributed by atoms with E-state index in [4.69, 9.17) is 14.2 Å². The summed E-state index contributed by atoms with van der Waals surface area (Å²) < 4.78 is 17.5. The summed E-state index contributed by atoms with van der Waals surface area (Å²) in [5, 5.41) is 8.01. The van der Waals surface area contributed by atoms with Crippen LogP contribution in [0.4, 0.5) is 0 Å². The highest BCUT2D eigenvalue weighted by molar-refractivity contribution is 5.79. The van der Waals surface area contributed by atoms with Crippen LogP contribution in [-0.4, -0.2) is 40.1 Å². The average molecular weight is 314 g/mol. The number of carbonyl (C=O) groups is 1. The van der Waals surface area contributed by atoms with Crippen LogP contribution in [-0.2, 0) is 6.61 Å². The summed E-state index contributed by atoms with van der Waals surface area (Å²) in [7, 11) is 3.01. The Morgan fingerprint density at radius 3 is 2.87 bits per heavy atom. The molecule has 0 saturated carbocycles. The van der Waals surface area contributed by atoms with Crippen LogP contribution in [0.15, 0.2) is 30.6 Å². The van der Waals surface area contributed by atoms with E-state index in [1.165, 1.54) is 26.5 Å². The predicted octanol–water partition coefficient (Wildman–Crippen LogP) is 1.53. The first-order valence-electron chi connectivity index (χ1n) is 6.75. The zero-order valence-corrected chi connectivity index (χ0v) is 12.6. The van der Waals surface area contributed by atoms with Gasteiger partial charge in [0.25, 0.3) is 0 Å². The minimum absolute atomic E-state index is 0.209. The van der Waals surface area contributed by atoms with Gasteiger partial charge in [-0.2, -0.15) is 0 Å². The molecule has 0 fully saturated rings. The van der Waals surface area contributed by atoms with Crippen molar-refractivity contribution in [2.75, 3.05) is 14.2 Å². The monoisotopic (exact) mass is 314 g/mol. The number of nitrogens with zero attached hydrogens (tertiary/aromatic N) is 4. The van der Waals surface area contributed by atoms with Crippen LogP contribution < -0.4 is 14.2 Å². The Morgan fingerprint density at radius 2 is 2.13 bits per heavy atom. The smallest absolute Gasteiger partial charge is 0.321 e. The van der Waals surface area contributed by atoms with Crippen LogP contribution in [0.1, 0.15) is 15.9 Å². The predicted molar refractivity (Wildman–Crippen MR) is 80.0 cm³/mol. The third kappa shape index (κ3) is 2.78. The van der Waals surface area contributed by atoms with Gasteiger partial charge in [0.05, 0.1) is 26.0 Å². The standard InChI is InChI=1S/C15H14N4O4/c1-21-13-6-11(8-20)12(7-16-13)23-9-10-4-3-5-19-14(10)17-18-15(19)22-2/h3-8H,9H2,1-2H3. The van der Waals surface area contributed by atoms with Gasteiger partial charge in [0.1, 0.15) is 12.4 Å². The van der Waals surface area contributed by atoms with Gasteiger partial charge in [-0.25, -0.2) is 4.98 Å². The topological polar surface area (TPSA) is 87.8 Å². The van der Waals surface area contributed by atoms with Crippen molar-refractivity contribution >= 4 is 11.9 Å². The third-order valence-electron chi connectivity index (χ3n) is 3.26. The molecule has 0 aliphatic heterocycles. The lowest BCUT2D eigenvalue weighted by molar-refractivity contribution is 0.111. The maximum atomic E-state index is 11.2. The number of fused-ring (bicyclic) bond motifs is 1. The number of hydrogen-bond acceptors (Lipinski definition) is 7. The quantitative estimate of drug-likeness (QED) is 0.637. The Labute approximate surface area is 131 Å². The summed E-state index contributed by atoms with van der Waals surface area (Å²) in [6.45, 7) is 0.209. The number of aldehydes is 1. The fourth-order valence-corrected chi connectivity index (χ4v) is 2.12. The van der Waals surface area contributed by atoms with Crippen LogP contribution in [0.2, 0.25) is 0 Å². The van der Waals surface area contributed by atoms with E-state index in [0.717, 1.165) is 5.56 Å². The van der Waals surface area contributed by atoms with E-state index < -0.39 is 0 Å². The first kappa shape index (κ1) is 14.8. The summed E-state index contributed by atoms with van der Waals surface area (Å²) in [6.07, 6.45) is 3.94. The van der Waals surface area contributed by atoms with E-state index in [2.05, 4.69) is 15.2 Å². The largest absolute Gasteiger partial charge is 0.486 e. The number of carbonyl (C=O) groups excluding carboxylic acids is 1. The van der Waals surface area contributed by atoms with Crippen molar-refractivity contribution in [2.24, 2.45) is 0 Å². The van der Waals surface area contributed by atoms with Crippen LogP contribution >= 0.6 is 0 Å². The van der Waals surface area contributed by atoms with Crippen LogP contribution in [0.25, 0.3) is 5.65 Å². The van der Waals surface area contributed by atoms with Crippen LogP contribution in [0, 0.1) is 0 Å². The zero-order chi connectivity index (χ0) is 16.2. The molecule has 0 amide bonds. The lowest BCUT2D eigenvalue weighted by Crippen LogP contribution is -2.02. The molecule has 0 radical (unpaired) electrons. The number of rotatable bonds is 6. The molecule has 3 aromatic heterocycles. The molecule has 3 heterocycles. The van der Waals surface area contributed by atoms with Crippen molar-refractivity contribution in [1.29, 1.82) is 0 Å². The fourth-order valence-electron chi connectivity index (χ4n) is 2.12. The van der Waals surface area contributed by atoms with Gasteiger partial charge in [0.15, 0.2) is 11.9 Å². The molecule has 0 spiro atoms. The van der Waals surface area contributed by atoms with Gasteiger partial charge in [-0.15, -0.1) is 5.10 Å². The van der Waals surface area contributed by atoms with Crippen molar-refractivity contribution in [3.8, 4) is 17.6 Å². The summed E-state index contributed by atoms with van der Waals surface area (Å²) in [5.41, 5.74) is 1.79. The molecule has 0 atom stereocenters. The molecule has 23 heavy (non-hydrogen) atoms. The number of aromatic nitrogens is 4. The summed E-state index contributed by atoms with van der Waals surface area (Å²) in [4.78, 5) is 15.2. The highest BCUT2D eigenvalue weighted by atomic mass is 16.5. The molecule has 0 aromatic carbocycles. The Morgan fingerprint density at radius 1 is 1.26 bits per heavy atom. The van der Waals surface area contributed by atoms with Gasteiger partial charge in [-0.1, -0.05) is 11.2 Å². The van der Waals surface area contributed by atoms with Gasteiger partial charge in [-0.3, -0.25) is 9.20 Å². The molecule has 0 bridgehead atoms. The van der Waals surface area contributed by atoms with Gasteiger partial charge in [-0.05, 0) is 6.07 Å². The first-order chi connectivity index (χ1) is 11.3. The average Bonchev–Trinajstić information content (AvgIpc) is 3.03. The Hall–Kier alpha value is -3.16. The van der Waals surface area contributed by atoms with Crippen molar-refractivity contribution in [3.05, 3.63) is 41.7 Å². The number of pyridine rings is 2. The summed E-state index contributed by atoms with van der Waals surface area (Å²) in [6, 6.07) is 5.61. The first-order valence-corrected chi connectivity index (χ1v) is 6.75. The molecule has 0 N–H and O–H groups in total. The number of methoxy groups -OCH3 is 2. The van der Waals surface area contributed by atoms with E-state index in [1.54, 1.807) is 10.6 Å². The molecule has 118 valence electrons. The lowest BCUT2D eigenvalue weighted by Gasteiger charge is -2.09. The third-order valence-corrected chi connectivity index (χ3v) is 3.26. The second kappa shape index (κ2) is 6.30. The molecule has 8 heteroatoms. The Bertz CT molecular complexity index is 847. The Kier molecular flexibility index (Phi) is 4.05. The van der Waals surface area contributed by atoms with Gasteiger partial charge >= 0.3 is 6.01 Å². The summed E-state index contributed by atoms with van der Waals surface area (Å²) in [5.74, 6) is 0.720. The van der Waals surface area contributed by atoms with Crippen LogP contribution in [0.3, 0.4) is 0 Å². The molecular weight excluding hydrogens is 300 g/mol. The van der Waals surface area contributed by atoms with Crippen molar-refractivity contribution in [3.63, 3.8) is 0 Å². The maximum Gasteiger partial charge on any atom is 0.321 e. The SMILES string of the molecule is COc1cc(C=O)c(OCc2cccn3c(OC)nnc23)cn1. The van der Waals surface area contributed by atoms with Crippen molar-refractivity contribution in [2.45, 2.75) is 6.61 Å².